The number of nitrogens with zero attached hydrogens (tertiary/aromatic N) is 1. The van der Waals surface area contributed by atoms with Crippen LogP contribution in [-0.4, -0.2) is 44.2 Å². The Balaban J connectivity index is 2.22. The lowest BCUT2D eigenvalue weighted by molar-refractivity contribution is -0.118. The van der Waals surface area contributed by atoms with E-state index in [9.17, 15) is 9.36 Å². The third-order valence-corrected chi connectivity index (χ3v) is 6.59. The maximum Gasteiger partial charge on any atom is 0.228 e. The second kappa shape index (κ2) is 8.09. The van der Waals surface area contributed by atoms with Crippen molar-refractivity contribution >= 4 is 23.7 Å². The van der Waals surface area contributed by atoms with Crippen molar-refractivity contribution in [2.24, 2.45) is 0 Å². The van der Waals surface area contributed by atoms with E-state index >= 15 is 0 Å². The van der Waals surface area contributed by atoms with Crippen LogP contribution < -0.4 is 15.9 Å². The van der Waals surface area contributed by atoms with Crippen LogP contribution in [0.2, 0.25) is 0 Å². The Labute approximate surface area is 137 Å². The van der Waals surface area contributed by atoms with Crippen LogP contribution in [0.4, 0.5) is 0 Å². The fraction of sp³-hybridized carbons (Fsp3) is 0.278. The second-order valence-electron chi connectivity index (χ2n) is 5.72. The van der Waals surface area contributed by atoms with Crippen molar-refractivity contribution in [3.8, 4) is 0 Å². The SMILES string of the molecule is CN(C)CCNC(=O)CP(=O)(c1ccccc1)c1ccccc1. The van der Waals surface area contributed by atoms with Crippen molar-refractivity contribution in [2.45, 2.75) is 0 Å². The Morgan fingerprint density at radius 2 is 1.43 bits per heavy atom. The summed E-state index contributed by atoms with van der Waals surface area (Å²) in [6, 6.07) is 18.5. The molecule has 2 aromatic carbocycles. The molecule has 0 saturated heterocycles. The van der Waals surface area contributed by atoms with Crippen LogP contribution in [0.25, 0.3) is 0 Å². The van der Waals surface area contributed by atoms with Gasteiger partial charge >= 0.3 is 0 Å². The standard InChI is InChI=1S/C18H23N2O2P/c1-20(2)14-13-19-18(21)15-23(22,16-9-5-3-6-10-16)17-11-7-4-8-12-17/h3-12H,13-15H2,1-2H3,(H,19,21). The molecule has 0 aromatic heterocycles. The lowest BCUT2D eigenvalue weighted by Gasteiger charge is -2.19. The van der Waals surface area contributed by atoms with Crippen LogP contribution in [0.3, 0.4) is 0 Å². The topological polar surface area (TPSA) is 49.4 Å². The first-order chi connectivity index (χ1) is 11.0. The van der Waals surface area contributed by atoms with Crippen LogP contribution in [-0.2, 0) is 9.36 Å². The van der Waals surface area contributed by atoms with E-state index in [4.69, 9.17) is 0 Å². The van der Waals surface area contributed by atoms with Crippen molar-refractivity contribution < 1.29 is 9.36 Å². The van der Waals surface area contributed by atoms with Crippen molar-refractivity contribution in [3.05, 3.63) is 60.7 Å². The highest BCUT2D eigenvalue weighted by Gasteiger charge is 2.29. The van der Waals surface area contributed by atoms with Crippen LogP contribution in [0, 0.1) is 0 Å². The van der Waals surface area contributed by atoms with E-state index in [1.807, 2.05) is 79.7 Å². The molecule has 1 N–H and O–H groups in total. The summed E-state index contributed by atoms with van der Waals surface area (Å²) in [7, 11) is 0.929. The highest BCUT2D eigenvalue weighted by molar-refractivity contribution is 7.79. The Morgan fingerprint density at radius 1 is 0.957 bits per heavy atom. The maximum absolute atomic E-state index is 13.7. The number of nitrogens with one attached hydrogen (secondary N) is 1. The molecule has 0 spiro atoms. The highest BCUT2D eigenvalue weighted by atomic mass is 31.2. The molecular weight excluding hydrogens is 307 g/mol. The molecule has 2 aromatic rings. The summed E-state index contributed by atoms with van der Waals surface area (Å²) < 4.78 is 13.7. The molecular formula is C18H23N2O2P. The van der Waals surface area contributed by atoms with Crippen molar-refractivity contribution in [1.29, 1.82) is 0 Å². The van der Waals surface area contributed by atoms with Gasteiger partial charge in [-0.3, -0.25) is 4.79 Å². The number of hydrogen-bond acceptors (Lipinski definition) is 3. The Kier molecular flexibility index (Phi) is 6.14. The minimum atomic E-state index is -2.97. The molecule has 4 nitrogen and oxygen atoms in total. The van der Waals surface area contributed by atoms with Gasteiger partial charge in [0, 0.05) is 23.7 Å². The molecule has 0 aliphatic rings. The smallest absolute Gasteiger partial charge is 0.228 e. The summed E-state index contributed by atoms with van der Waals surface area (Å²) >= 11 is 0. The third-order valence-electron chi connectivity index (χ3n) is 3.59. The minimum Gasteiger partial charge on any atom is -0.354 e. The Bertz CT molecular complexity index is 628. The molecule has 0 aliphatic heterocycles. The molecule has 5 heteroatoms. The molecule has 0 unspecified atom stereocenters. The lowest BCUT2D eigenvalue weighted by atomic mass is 10.4. The van der Waals surface area contributed by atoms with Crippen LogP contribution in [0.1, 0.15) is 0 Å². The lowest BCUT2D eigenvalue weighted by Crippen LogP contribution is -2.35. The average molecular weight is 330 g/mol. The molecule has 0 saturated carbocycles. The monoisotopic (exact) mass is 330 g/mol. The molecule has 23 heavy (non-hydrogen) atoms. The zero-order chi connectivity index (χ0) is 16.7. The van der Waals surface area contributed by atoms with Gasteiger partial charge in [0.25, 0.3) is 0 Å². The van der Waals surface area contributed by atoms with Crippen LogP contribution in [0.15, 0.2) is 60.7 Å². The summed E-state index contributed by atoms with van der Waals surface area (Å²) in [4.78, 5) is 14.3. The number of carbonyl (C=O) groups excluding carboxylic acids is 1. The van der Waals surface area contributed by atoms with Crippen molar-refractivity contribution in [3.63, 3.8) is 0 Å². The van der Waals surface area contributed by atoms with E-state index in [0.717, 1.165) is 6.54 Å². The number of rotatable bonds is 7. The summed E-state index contributed by atoms with van der Waals surface area (Å²) in [6.07, 6.45) is -0.00550. The Hall–Kier alpha value is -1.90. The van der Waals surface area contributed by atoms with E-state index in [1.54, 1.807) is 0 Å². The minimum absolute atomic E-state index is 0.00550. The fourth-order valence-electron chi connectivity index (χ4n) is 2.35. The first-order valence-corrected chi connectivity index (χ1v) is 9.53. The van der Waals surface area contributed by atoms with Gasteiger partial charge in [-0.2, -0.15) is 0 Å². The summed E-state index contributed by atoms with van der Waals surface area (Å²) in [6.45, 7) is 1.31. The summed E-state index contributed by atoms with van der Waals surface area (Å²) in [5.41, 5.74) is 0. The number of benzene rings is 2. The van der Waals surface area contributed by atoms with Gasteiger partial charge in [-0.25, -0.2) is 0 Å². The zero-order valence-corrected chi connectivity index (χ0v) is 14.5. The molecule has 122 valence electrons. The van der Waals surface area contributed by atoms with Gasteiger partial charge < -0.3 is 14.8 Å². The normalized spacial score (nSPS) is 11.4. The number of amides is 1. The first-order valence-electron chi connectivity index (χ1n) is 7.64. The fourth-order valence-corrected chi connectivity index (χ4v) is 4.83. The van der Waals surface area contributed by atoms with Crippen LogP contribution >= 0.6 is 7.14 Å². The van der Waals surface area contributed by atoms with E-state index < -0.39 is 7.14 Å². The number of carbonyl (C=O) groups is 1. The Morgan fingerprint density at radius 3 is 1.87 bits per heavy atom. The third kappa shape index (κ3) is 4.78. The predicted molar refractivity (Wildman–Crippen MR) is 96.2 cm³/mol. The largest absolute Gasteiger partial charge is 0.354 e. The summed E-state index contributed by atoms with van der Waals surface area (Å²) in [5, 5.41) is 4.29. The second-order valence-corrected chi connectivity index (χ2v) is 8.55. The van der Waals surface area contributed by atoms with E-state index in [2.05, 4.69) is 5.32 Å². The van der Waals surface area contributed by atoms with Gasteiger partial charge in [-0.15, -0.1) is 0 Å². The molecule has 0 bridgehead atoms. The molecule has 1 amide bonds. The van der Waals surface area contributed by atoms with Crippen molar-refractivity contribution in [1.82, 2.24) is 10.2 Å². The van der Waals surface area contributed by atoms with Gasteiger partial charge in [0.15, 0.2) is 7.14 Å². The van der Waals surface area contributed by atoms with Crippen LogP contribution in [0.5, 0.6) is 0 Å². The molecule has 0 atom stereocenters. The molecule has 2 rings (SSSR count). The molecule has 0 radical (unpaired) electrons. The van der Waals surface area contributed by atoms with E-state index in [0.29, 0.717) is 17.2 Å². The first kappa shape index (κ1) is 17.5. The van der Waals surface area contributed by atoms with Gasteiger partial charge in [0.2, 0.25) is 5.91 Å². The van der Waals surface area contributed by atoms with Gasteiger partial charge in [-0.05, 0) is 14.1 Å². The van der Waals surface area contributed by atoms with E-state index in [1.165, 1.54) is 0 Å². The van der Waals surface area contributed by atoms with Gasteiger partial charge in [0.05, 0.1) is 6.16 Å². The predicted octanol–water partition coefficient (Wildman–Crippen LogP) is 1.68. The molecule has 0 aliphatic carbocycles. The highest BCUT2D eigenvalue weighted by Crippen LogP contribution is 2.42. The van der Waals surface area contributed by atoms with E-state index in [-0.39, 0.29) is 12.1 Å². The maximum atomic E-state index is 13.7. The molecule has 0 fully saturated rings. The number of likely N-dealkylation sites (N-methyl/N-ethyl adjacent to an activating group) is 1. The average Bonchev–Trinajstić information content (AvgIpc) is 2.56. The van der Waals surface area contributed by atoms with Crippen molar-refractivity contribution in [2.75, 3.05) is 33.3 Å². The van der Waals surface area contributed by atoms with Gasteiger partial charge in [-0.1, -0.05) is 60.7 Å². The quantitative estimate of drug-likeness (QED) is 0.786. The zero-order valence-electron chi connectivity index (χ0n) is 13.6. The number of hydrogen-bond donors (Lipinski definition) is 1. The molecule has 0 heterocycles. The summed E-state index contributed by atoms with van der Waals surface area (Å²) in [5.74, 6) is -0.178. The van der Waals surface area contributed by atoms with Gasteiger partial charge in [0.1, 0.15) is 0 Å².